The summed E-state index contributed by atoms with van der Waals surface area (Å²) < 4.78 is 39.9. The lowest BCUT2D eigenvalue weighted by atomic mass is 9.88. The number of hydrogen-bond donors (Lipinski definition) is 2. The Morgan fingerprint density at radius 1 is 1.26 bits per heavy atom. The second-order valence-corrected chi connectivity index (χ2v) is 7.96. The zero-order valence-electron chi connectivity index (χ0n) is 14.6. The smallest absolute Gasteiger partial charge is 0.407 e. The predicted molar refractivity (Wildman–Crippen MR) is 90.4 cm³/mol. The molecule has 27 heavy (non-hydrogen) atoms. The van der Waals surface area contributed by atoms with E-state index in [1.165, 1.54) is 17.0 Å². The van der Waals surface area contributed by atoms with Crippen molar-refractivity contribution < 1.29 is 27.9 Å². The van der Waals surface area contributed by atoms with Crippen LogP contribution in [0, 0.1) is 11.7 Å². The highest BCUT2D eigenvalue weighted by Crippen LogP contribution is 2.46. The van der Waals surface area contributed by atoms with Gasteiger partial charge in [0.1, 0.15) is 5.82 Å². The highest BCUT2D eigenvalue weighted by molar-refractivity contribution is 5.95. The van der Waals surface area contributed by atoms with E-state index >= 15 is 0 Å². The van der Waals surface area contributed by atoms with Crippen molar-refractivity contribution in [2.75, 3.05) is 6.54 Å². The average molecular weight is 382 g/mol. The van der Waals surface area contributed by atoms with Crippen molar-refractivity contribution in [3.8, 4) is 0 Å². The third kappa shape index (κ3) is 3.89. The molecule has 3 aliphatic carbocycles. The SMILES string of the molecule is O=C(NC1CC(F)(F)C1)c1cc([C@@H]2C[C@H]2N(CC2CC2)C(=O)O)ccc1F. The molecular weight excluding hydrogens is 361 g/mol. The van der Waals surface area contributed by atoms with E-state index in [0.29, 0.717) is 24.4 Å². The molecule has 1 aromatic rings. The molecule has 0 heterocycles. The lowest BCUT2D eigenvalue weighted by Crippen LogP contribution is -2.50. The van der Waals surface area contributed by atoms with Gasteiger partial charge in [-0.1, -0.05) is 6.07 Å². The maximum absolute atomic E-state index is 14.1. The molecule has 4 rings (SSSR count). The van der Waals surface area contributed by atoms with Gasteiger partial charge in [0.2, 0.25) is 0 Å². The summed E-state index contributed by atoms with van der Waals surface area (Å²) in [6, 6.07) is 3.36. The Morgan fingerprint density at radius 2 is 1.96 bits per heavy atom. The molecule has 2 amide bonds. The zero-order chi connectivity index (χ0) is 19.3. The number of carbonyl (C=O) groups is 2. The van der Waals surface area contributed by atoms with Crippen molar-refractivity contribution in [3.05, 3.63) is 35.1 Å². The highest BCUT2D eigenvalue weighted by atomic mass is 19.3. The molecule has 5 nitrogen and oxygen atoms in total. The maximum atomic E-state index is 14.1. The van der Waals surface area contributed by atoms with E-state index in [1.54, 1.807) is 6.07 Å². The van der Waals surface area contributed by atoms with Gasteiger partial charge in [-0.05, 0) is 42.9 Å². The number of hydrogen-bond acceptors (Lipinski definition) is 2. The monoisotopic (exact) mass is 382 g/mol. The van der Waals surface area contributed by atoms with E-state index in [-0.39, 0.29) is 17.5 Å². The minimum Gasteiger partial charge on any atom is -0.465 e. The van der Waals surface area contributed by atoms with Crippen LogP contribution in [0.2, 0.25) is 0 Å². The summed E-state index contributed by atoms with van der Waals surface area (Å²) in [5, 5.41) is 11.9. The topological polar surface area (TPSA) is 69.6 Å². The largest absolute Gasteiger partial charge is 0.465 e. The van der Waals surface area contributed by atoms with Crippen molar-refractivity contribution in [2.24, 2.45) is 5.92 Å². The molecule has 0 bridgehead atoms. The molecule has 1 aromatic carbocycles. The van der Waals surface area contributed by atoms with Crippen molar-refractivity contribution in [1.29, 1.82) is 0 Å². The lowest BCUT2D eigenvalue weighted by molar-refractivity contribution is -0.0901. The Morgan fingerprint density at radius 3 is 2.56 bits per heavy atom. The molecule has 0 aliphatic heterocycles. The molecule has 0 unspecified atom stereocenters. The van der Waals surface area contributed by atoms with Crippen LogP contribution in [0.15, 0.2) is 18.2 Å². The van der Waals surface area contributed by atoms with E-state index in [1.807, 2.05) is 0 Å². The molecule has 0 aromatic heterocycles. The van der Waals surface area contributed by atoms with Gasteiger partial charge >= 0.3 is 6.09 Å². The van der Waals surface area contributed by atoms with Crippen LogP contribution in [0.3, 0.4) is 0 Å². The van der Waals surface area contributed by atoms with Gasteiger partial charge in [-0.2, -0.15) is 0 Å². The molecule has 3 saturated carbocycles. The summed E-state index contributed by atoms with van der Waals surface area (Å²) in [6.45, 7) is 0.515. The van der Waals surface area contributed by atoms with Gasteiger partial charge in [-0.3, -0.25) is 4.79 Å². The first kappa shape index (κ1) is 18.1. The van der Waals surface area contributed by atoms with Crippen molar-refractivity contribution in [2.45, 2.75) is 56.0 Å². The number of nitrogens with zero attached hydrogens (tertiary/aromatic N) is 1. The van der Waals surface area contributed by atoms with E-state index in [0.717, 1.165) is 12.8 Å². The first-order valence-electron chi connectivity index (χ1n) is 9.21. The fraction of sp³-hybridized carbons (Fsp3) is 0.579. The Labute approximate surface area is 154 Å². The molecular formula is C19H21F3N2O3. The Kier molecular flexibility index (Phi) is 4.31. The fourth-order valence-electron chi connectivity index (χ4n) is 3.79. The number of benzene rings is 1. The van der Waals surface area contributed by atoms with Gasteiger partial charge in [0.05, 0.1) is 5.56 Å². The second-order valence-electron chi connectivity index (χ2n) is 7.96. The van der Waals surface area contributed by atoms with E-state index in [2.05, 4.69) is 5.32 Å². The van der Waals surface area contributed by atoms with E-state index in [4.69, 9.17) is 0 Å². The highest BCUT2D eigenvalue weighted by Gasteiger charge is 2.47. The quantitative estimate of drug-likeness (QED) is 0.790. The molecule has 2 atom stereocenters. The minimum absolute atomic E-state index is 0.0694. The number of nitrogens with one attached hydrogen (secondary N) is 1. The molecule has 8 heteroatoms. The molecule has 2 N–H and O–H groups in total. The summed E-state index contributed by atoms with van der Waals surface area (Å²) in [7, 11) is 0. The minimum atomic E-state index is -2.76. The van der Waals surface area contributed by atoms with Gasteiger partial charge in [0, 0.05) is 37.4 Å². The Balaban J connectivity index is 1.43. The van der Waals surface area contributed by atoms with Gasteiger partial charge < -0.3 is 15.3 Å². The number of carbonyl (C=O) groups excluding carboxylic acids is 1. The zero-order valence-corrected chi connectivity index (χ0v) is 14.6. The van der Waals surface area contributed by atoms with Crippen molar-refractivity contribution in [1.82, 2.24) is 10.2 Å². The first-order chi connectivity index (χ1) is 12.7. The van der Waals surface area contributed by atoms with Gasteiger partial charge in [-0.25, -0.2) is 18.0 Å². The second kappa shape index (κ2) is 6.42. The van der Waals surface area contributed by atoms with Crippen LogP contribution < -0.4 is 5.32 Å². The Hall–Kier alpha value is -2.25. The number of amides is 2. The molecule has 146 valence electrons. The molecule has 0 radical (unpaired) electrons. The van der Waals surface area contributed by atoms with Gasteiger partial charge in [0.15, 0.2) is 0 Å². The predicted octanol–water partition coefficient (Wildman–Crippen LogP) is 3.60. The summed E-state index contributed by atoms with van der Waals surface area (Å²) in [6.07, 6.45) is 0.907. The van der Waals surface area contributed by atoms with Crippen molar-refractivity contribution >= 4 is 12.0 Å². The maximum Gasteiger partial charge on any atom is 0.407 e. The summed E-state index contributed by atoms with van der Waals surface area (Å²) in [4.78, 5) is 25.2. The first-order valence-corrected chi connectivity index (χ1v) is 9.21. The van der Waals surface area contributed by atoms with Crippen LogP contribution in [-0.2, 0) is 0 Å². The van der Waals surface area contributed by atoms with Crippen molar-refractivity contribution in [3.63, 3.8) is 0 Å². The summed E-state index contributed by atoms with van der Waals surface area (Å²) >= 11 is 0. The number of halogens is 3. The van der Waals surface area contributed by atoms with Gasteiger partial charge in [0.25, 0.3) is 11.8 Å². The van der Waals surface area contributed by atoms with Crippen LogP contribution in [-0.4, -0.2) is 46.6 Å². The summed E-state index contributed by atoms with van der Waals surface area (Å²) in [5.74, 6) is -3.83. The number of alkyl halides is 2. The van der Waals surface area contributed by atoms with Gasteiger partial charge in [-0.15, -0.1) is 0 Å². The van der Waals surface area contributed by atoms with E-state index in [9.17, 15) is 27.9 Å². The van der Waals surface area contributed by atoms with Crippen LogP contribution in [0.4, 0.5) is 18.0 Å². The van der Waals surface area contributed by atoms with Crippen LogP contribution in [0.5, 0.6) is 0 Å². The number of carboxylic acid groups (broad SMARTS) is 1. The van der Waals surface area contributed by atoms with Crippen LogP contribution in [0.25, 0.3) is 0 Å². The molecule has 0 spiro atoms. The molecule has 3 aliphatic rings. The third-order valence-electron chi connectivity index (χ3n) is 5.64. The van der Waals surface area contributed by atoms with E-state index < -0.39 is 42.6 Å². The normalized spacial score (nSPS) is 26.2. The average Bonchev–Trinajstić information content (AvgIpc) is 3.45. The van der Waals surface area contributed by atoms with Crippen LogP contribution >= 0.6 is 0 Å². The Bertz CT molecular complexity index is 773. The fourth-order valence-corrected chi connectivity index (χ4v) is 3.79. The van der Waals surface area contributed by atoms with Crippen LogP contribution in [0.1, 0.15) is 53.9 Å². The number of rotatable bonds is 6. The lowest BCUT2D eigenvalue weighted by Gasteiger charge is -2.35. The molecule has 0 saturated heterocycles. The third-order valence-corrected chi connectivity index (χ3v) is 5.64. The summed E-state index contributed by atoms with van der Waals surface area (Å²) in [5.41, 5.74) is 0.518. The standard InChI is InChI=1S/C19H21F3N2O3/c20-15-4-3-11(5-14(15)17(25)23-12-7-19(21,22)8-12)13-6-16(13)24(18(26)27)9-10-1-2-10/h3-5,10,12-13,16H,1-2,6-9H2,(H,23,25)(H,26,27)/t13-,16+/m0/s1. The molecule has 3 fully saturated rings.